The molecule has 0 bridgehead atoms. The van der Waals surface area contributed by atoms with Gasteiger partial charge in [-0.05, 0) is 68.2 Å². The number of fused-ring (bicyclic) bond motifs is 1. The van der Waals surface area contributed by atoms with E-state index in [1.807, 2.05) is 12.3 Å². The van der Waals surface area contributed by atoms with Gasteiger partial charge in [0.1, 0.15) is 5.75 Å². The lowest BCUT2D eigenvalue weighted by molar-refractivity contribution is -0.146. The standard InChI is InChI=1S/C25H30N2O3S2/c1-16(26-14-22(31)27-11-9-18(10-12-27)25(29)30-2)21-15-32-24(23(21)28)20-8-7-17-5-3-4-6-19(17)13-20/h7-8,13,15,18,28H,3-6,9-12,14H2,1-2H3. The molecule has 0 unspecified atom stereocenters. The van der Waals surface area contributed by atoms with Crippen molar-refractivity contribution in [1.29, 1.82) is 0 Å². The molecule has 0 radical (unpaired) electrons. The van der Waals surface area contributed by atoms with Crippen molar-refractivity contribution < 1.29 is 14.6 Å². The smallest absolute Gasteiger partial charge is 0.308 e. The van der Waals surface area contributed by atoms with Crippen LogP contribution in [-0.2, 0) is 22.4 Å². The number of thiocarbonyl (C=S) groups is 1. The minimum atomic E-state index is -0.132. The summed E-state index contributed by atoms with van der Waals surface area (Å²) in [5.41, 5.74) is 5.49. The van der Waals surface area contributed by atoms with E-state index in [1.165, 1.54) is 31.1 Å². The highest BCUT2D eigenvalue weighted by atomic mass is 32.1. The minimum Gasteiger partial charge on any atom is -0.506 e. The Hall–Kier alpha value is -2.25. The van der Waals surface area contributed by atoms with Crippen LogP contribution in [0, 0.1) is 5.92 Å². The Morgan fingerprint density at radius 3 is 2.69 bits per heavy atom. The first-order valence-corrected chi connectivity index (χ1v) is 12.6. The highest BCUT2D eigenvalue weighted by Crippen LogP contribution is 2.40. The molecule has 7 heteroatoms. The fourth-order valence-corrected chi connectivity index (χ4v) is 5.84. The zero-order chi connectivity index (χ0) is 22.7. The summed E-state index contributed by atoms with van der Waals surface area (Å²) >= 11 is 7.15. The van der Waals surface area contributed by atoms with Gasteiger partial charge in [-0.15, -0.1) is 11.3 Å². The molecule has 4 rings (SSSR count). The van der Waals surface area contributed by atoms with Crippen LogP contribution in [-0.4, -0.2) is 53.4 Å². The normalized spacial score (nSPS) is 17.2. The van der Waals surface area contributed by atoms with Crippen molar-refractivity contribution in [2.45, 2.75) is 45.4 Å². The van der Waals surface area contributed by atoms with Crippen LogP contribution in [0.1, 0.15) is 49.3 Å². The molecule has 1 aromatic carbocycles. The Bertz CT molecular complexity index is 1040. The van der Waals surface area contributed by atoms with Crippen LogP contribution in [0.3, 0.4) is 0 Å². The number of benzene rings is 1. The number of carbonyl (C=O) groups excluding carboxylic acids is 1. The predicted octanol–water partition coefficient (Wildman–Crippen LogP) is 5.02. The van der Waals surface area contributed by atoms with Gasteiger partial charge in [0.05, 0.1) is 29.4 Å². The predicted molar refractivity (Wildman–Crippen MR) is 134 cm³/mol. The minimum absolute atomic E-state index is 0.0333. The number of hydrogen-bond acceptors (Lipinski definition) is 6. The maximum absolute atomic E-state index is 11.7. The van der Waals surface area contributed by atoms with Gasteiger partial charge in [0.2, 0.25) is 0 Å². The molecule has 1 aromatic heterocycles. The number of nitrogens with zero attached hydrogens (tertiary/aromatic N) is 2. The van der Waals surface area contributed by atoms with Gasteiger partial charge < -0.3 is 14.7 Å². The zero-order valence-electron chi connectivity index (χ0n) is 18.7. The Labute approximate surface area is 199 Å². The maximum Gasteiger partial charge on any atom is 0.308 e. The molecular weight excluding hydrogens is 440 g/mol. The molecule has 2 aliphatic rings. The van der Waals surface area contributed by atoms with Crippen LogP contribution in [0.5, 0.6) is 5.75 Å². The van der Waals surface area contributed by atoms with Gasteiger partial charge in [-0.2, -0.15) is 0 Å². The summed E-state index contributed by atoms with van der Waals surface area (Å²) in [5.74, 6) is 0.137. The lowest BCUT2D eigenvalue weighted by Crippen LogP contribution is -2.40. The van der Waals surface area contributed by atoms with Crippen molar-refractivity contribution in [3.8, 4) is 16.2 Å². The number of esters is 1. The molecule has 1 N–H and O–H groups in total. The first-order chi connectivity index (χ1) is 15.5. The maximum atomic E-state index is 11.7. The van der Waals surface area contributed by atoms with Gasteiger partial charge in [0.15, 0.2) is 0 Å². The van der Waals surface area contributed by atoms with E-state index in [1.54, 1.807) is 11.3 Å². The van der Waals surface area contributed by atoms with Gasteiger partial charge >= 0.3 is 5.97 Å². The van der Waals surface area contributed by atoms with Gasteiger partial charge in [-0.25, -0.2) is 0 Å². The van der Waals surface area contributed by atoms with E-state index < -0.39 is 0 Å². The van der Waals surface area contributed by atoms with Crippen LogP contribution in [0.2, 0.25) is 0 Å². The molecule has 0 saturated carbocycles. The number of carbonyl (C=O) groups is 1. The number of ether oxygens (including phenoxy) is 1. The third kappa shape index (κ3) is 4.89. The number of rotatable bonds is 5. The quantitative estimate of drug-likeness (QED) is 0.378. The molecule has 0 spiro atoms. The van der Waals surface area contributed by atoms with Gasteiger partial charge in [0, 0.05) is 29.7 Å². The van der Waals surface area contributed by atoms with Crippen molar-refractivity contribution in [3.05, 3.63) is 40.3 Å². The van der Waals surface area contributed by atoms with Gasteiger partial charge in [0.25, 0.3) is 0 Å². The molecule has 5 nitrogen and oxygen atoms in total. The highest BCUT2D eigenvalue weighted by Gasteiger charge is 2.26. The molecule has 0 atom stereocenters. The number of aromatic hydroxyl groups is 1. The van der Waals surface area contributed by atoms with Crippen LogP contribution >= 0.6 is 23.6 Å². The second-order valence-electron chi connectivity index (χ2n) is 8.60. The molecule has 1 aliphatic carbocycles. The molecule has 1 aliphatic heterocycles. The third-order valence-corrected chi connectivity index (χ3v) is 8.00. The van der Waals surface area contributed by atoms with Crippen molar-refractivity contribution in [2.24, 2.45) is 10.9 Å². The number of aryl methyl sites for hydroxylation is 2. The fourth-order valence-electron chi connectivity index (χ4n) is 4.59. The van der Waals surface area contributed by atoms with Crippen LogP contribution in [0.15, 0.2) is 28.6 Å². The molecule has 2 aromatic rings. The number of aliphatic imine (C=N–C) groups is 1. The van der Waals surface area contributed by atoms with E-state index in [9.17, 15) is 9.90 Å². The summed E-state index contributed by atoms with van der Waals surface area (Å²) in [7, 11) is 1.44. The highest BCUT2D eigenvalue weighted by molar-refractivity contribution is 7.80. The largest absolute Gasteiger partial charge is 0.506 e. The molecule has 2 heterocycles. The van der Waals surface area contributed by atoms with E-state index in [2.05, 4.69) is 28.1 Å². The summed E-state index contributed by atoms with van der Waals surface area (Å²) in [5, 5.41) is 12.9. The lowest BCUT2D eigenvalue weighted by atomic mass is 9.90. The fraction of sp³-hybridized carbons (Fsp3) is 0.480. The number of likely N-dealkylation sites (tertiary alicyclic amines) is 1. The lowest BCUT2D eigenvalue weighted by Gasteiger charge is -2.32. The monoisotopic (exact) mass is 470 g/mol. The summed E-state index contributed by atoms with van der Waals surface area (Å²) in [6.07, 6.45) is 6.29. The second kappa shape index (κ2) is 10.1. The van der Waals surface area contributed by atoms with Crippen LogP contribution < -0.4 is 0 Å². The average Bonchev–Trinajstić information content (AvgIpc) is 3.22. The van der Waals surface area contributed by atoms with Crippen molar-refractivity contribution in [3.63, 3.8) is 0 Å². The Morgan fingerprint density at radius 2 is 1.97 bits per heavy atom. The van der Waals surface area contributed by atoms with Crippen molar-refractivity contribution in [2.75, 3.05) is 26.7 Å². The summed E-state index contributed by atoms with van der Waals surface area (Å²) in [4.78, 5) is 20.2. The van der Waals surface area contributed by atoms with Crippen molar-refractivity contribution in [1.82, 2.24) is 4.90 Å². The zero-order valence-corrected chi connectivity index (χ0v) is 20.4. The summed E-state index contributed by atoms with van der Waals surface area (Å²) < 4.78 is 4.85. The van der Waals surface area contributed by atoms with Gasteiger partial charge in [-0.3, -0.25) is 9.79 Å². The molecule has 32 heavy (non-hydrogen) atoms. The number of methoxy groups -OCH3 is 1. The average molecular weight is 471 g/mol. The third-order valence-electron chi connectivity index (χ3n) is 6.60. The van der Waals surface area contributed by atoms with Crippen LogP contribution in [0.4, 0.5) is 0 Å². The topological polar surface area (TPSA) is 62.1 Å². The Kier molecular flexibility index (Phi) is 7.26. The van der Waals surface area contributed by atoms with Crippen molar-refractivity contribution >= 4 is 40.2 Å². The summed E-state index contributed by atoms with van der Waals surface area (Å²) in [6, 6.07) is 6.58. The first-order valence-electron chi connectivity index (χ1n) is 11.3. The van der Waals surface area contributed by atoms with E-state index in [4.69, 9.17) is 17.0 Å². The SMILES string of the molecule is COC(=O)C1CCN(C(=S)CN=C(C)c2csc(-c3ccc4c(c3)CCCC4)c2O)CC1. The number of thiophene rings is 1. The van der Waals surface area contributed by atoms with E-state index in [0.717, 1.165) is 65.5 Å². The van der Waals surface area contributed by atoms with E-state index in [-0.39, 0.29) is 11.9 Å². The Balaban J connectivity index is 1.41. The molecule has 1 fully saturated rings. The van der Waals surface area contributed by atoms with E-state index >= 15 is 0 Å². The van der Waals surface area contributed by atoms with Gasteiger partial charge in [-0.1, -0.05) is 24.4 Å². The molecule has 0 amide bonds. The van der Waals surface area contributed by atoms with Crippen LogP contribution in [0.25, 0.3) is 10.4 Å². The molecule has 170 valence electrons. The molecule has 1 saturated heterocycles. The number of hydrogen-bond donors (Lipinski definition) is 1. The second-order valence-corrected chi connectivity index (χ2v) is 9.95. The Morgan fingerprint density at radius 1 is 1.25 bits per heavy atom. The van der Waals surface area contributed by atoms with E-state index in [0.29, 0.717) is 12.3 Å². The summed E-state index contributed by atoms with van der Waals surface area (Å²) in [6.45, 7) is 3.83. The molecular formula is C25H30N2O3S2. The first kappa shape index (κ1) is 22.9. The number of piperidine rings is 1.